The Labute approximate surface area is 133 Å². The summed E-state index contributed by atoms with van der Waals surface area (Å²) in [5.41, 5.74) is 2.43. The van der Waals surface area contributed by atoms with E-state index in [0.717, 1.165) is 5.01 Å². The van der Waals surface area contributed by atoms with Gasteiger partial charge in [0.2, 0.25) is 5.91 Å². The Kier molecular flexibility index (Phi) is 3.86. The van der Waals surface area contributed by atoms with E-state index < -0.39 is 18.1 Å². The summed E-state index contributed by atoms with van der Waals surface area (Å²) in [5.74, 6) is -0.395. The SMILES string of the molecule is O=C1CCN(C(c2cccc3cccc(Br)c23)C(F)(F)F)N1. The maximum absolute atomic E-state index is 13.6. The van der Waals surface area contributed by atoms with Gasteiger partial charge in [-0.1, -0.05) is 46.3 Å². The smallest absolute Gasteiger partial charge is 0.288 e. The van der Waals surface area contributed by atoms with Crippen LogP contribution in [0.1, 0.15) is 18.0 Å². The molecule has 3 nitrogen and oxygen atoms in total. The number of halogens is 4. The lowest BCUT2D eigenvalue weighted by Gasteiger charge is -2.30. The molecule has 3 rings (SSSR count). The number of hydrogen-bond donors (Lipinski definition) is 1. The number of hydrogen-bond acceptors (Lipinski definition) is 2. The number of fused-ring (bicyclic) bond motifs is 1. The van der Waals surface area contributed by atoms with Gasteiger partial charge < -0.3 is 0 Å². The molecule has 2 aromatic rings. The first-order valence-electron chi connectivity index (χ1n) is 6.68. The second-order valence-electron chi connectivity index (χ2n) is 5.11. The Morgan fingerprint density at radius 2 is 1.86 bits per heavy atom. The van der Waals surface area contributed by atoms with Gasteiger partial charge in [0.25, 0.3) is 0 Å². The molecule has 0 spiro atoms. The first kappa shape index (κ1) is 15.3. The van der Waals surface area contributed by atoms with Crippen molar-refractivity contribution in [1.29, 1.82) is 0 Å². The van der Waals surface area contributed by atoms with Crippen LogP contribution in [0.5, 0.6) is 0 Å². The fourth-order valence-corrected chi connectivity index (χ4v) is 3.37. The summed E-state index contributed by atoms with van der Waals surface area (Å²) in [6, 6.07) is 8.19. The van der Waals surface area contributed by atoms with Gasteiger partial charge in [-0.2, -0.15) is 13.2 Å². The molecule has 1 atom stereocenters. The second-order valence-corrected chi connectivity index (χ2v) is 5.96. The van der Waals surface area contributed by atoms with Crippen LogP contribution < -0.4 is 5.43 Å². The van der Waals surface area contributed by atoms with Crippen LogP contribution in [0, 0.1) is 0 Å². The number of amides is 1. The minimum atomic E-state index is -4.50. The van der Waals surface area contributed by atoms with Crippen LogP contribution in [0.25, 0.3) is 10.8 Å². The van der Waals surface area contributed by atoms with E-state index in [9.17, 15) is 18.0 Å². The Balaban J connectivity index is 2.19. The van der Waals surface area contributed by atoms with Gasteiger partial charge in [-0.15, -0.1) is 0 Å². The lowest BCUT2D eigenvalue weighted by atomic mass is 9.98. The van der Waals surface area contributed by atoms with Crippen LogP contribution in [-0.4, -0.2) is 23.6 Å². The molecular formula is C15H12BrF3N2O. The summed E-state index contributed by atoms with van der Waals surface area (Å²) >= 11 is 3.33. The maximum atomic E-state index is 13.6. The third-order valence-corrected chi connectivity index (χ3v) is 4.31. The zero-order valence-corrected chi connectivity index (χ0v) is 12.9. The van der Waals surface area contributed by atoms with E-state index in [0.29, 0.717) is 15.2 Å². The highest BCUT2D eigenvalue weighted by Gasteiger charge is 2.47. The number of nitrogens with one attached hydrogen (secondary N) is 1. The highest BCUT2D eigenvalue weighted by atomic mass is 79.9. The zero-order chi connectivity index (χ0) is 15.9. The summed E-state index contributed by atoms with van der Waals surface area (Å²) in [4.78, 5) is 11.3. The molecule has 1 saturated heterocycles. The van der Waals surface area contributed by atoms with E-state index in [4.69, 9.17) is 0 Å². The van der Waals surface area contributed by atoms with Crippen molar-refractivity contribution in [2.75, 3.05) is 6.54 Å². The van der Waals surface area contributed by atoms with Gasteiger partial charge in [-0.05, 0) is 17.0 Å². The lowest BCUT2D eigenvalue weighted by molar-refractivity contribution is -0.190. The standard InChI is InChI=1S/C15H12BrF3N2O/c16-11-6-2-4-9-3-1-5-10(13(9)11)14(15(17,18)19)21-8-7-12(22)20-21/h1-6,14H,7-8H2,(H,20,22). The molecule has 0 radical (unpaired) electrons. The largest absolute Gasteiger partial charge is 0.409 e. The molecule has 1 amide bonds. The van der Waals surface area contributed by atoms with E-state index in [1.54, 1.807) is 30.3 Å². The minimum absolute atomic E-state index is 0.0316. The number of nitrogens with zero attached hydrogens (tertiary/aromatic N) is 1. The van der Waals surface area contributed by atoms with Gasteiger partial charge in [0.05, 0.1) is 0 Å². The fourth-order valence-electron chi connectivity index (χ4n) is 2.76. The molecule has 22 heavy (non-hydrogen) atoms. The van der Waals surface area contributed by atoms with Crippen LogP contribution in [0.2, 0.25) is 0 Å². The number of carbonyl (C=O) groups is 1. The Morgan fingerprint density at radius 1 is 1.18 bits per heavy atom. The van der Waals surface area contributed by atoms with Gasteiger partial charge in [0, 0.05) is 22.8 Å². The molecule has 1 unspecified atom stereocenters. The summed E-state index contributed by atoms with van der Waals surface area (Å²) in [7, 11) is 0. The van der Waals surface area contributed by atoms with Crippen molar-refractivity contribution < 1.29 is 18.0 Å². The average molecular weight is 373 g/mol. The molecule has 2 aromatic carbocycles. The van der Waals surface area contributed by atoms with Gasteiger partial charge in [-0.25, -0.2) is 5.01 Å². The quantitative estimate of drug-likeness (QED) is 0.865. The predicted molar refractivity (Wildman–Crippen MR) is 79.9 cm³/mol. The molecule has 1 heterocycles. The summed E-state index contributed by atoms with van der Waals surface area (Å²) in [5, 5.41) is 2.19. The van der Waals surface area contributed by atoms with E-state index in [1.165, 1.54) is 6.07 Å². The fraction of sp³-hybridized carbons (Fsp3) is 0.267. The highest BCUT2D eigenvalue weighted by molar-refractivity contribution is 9.10. The highest BCUT2D eigenvalue weighted by Crippen LogP contribution is 2.42. The summed E-state index contributed by atoms with van der Waals surface area (Å²) < 4.78 is 41.5. The van der Waals surface area contributed by atoms with E-state index in [2.05, 4.69) is 21.4 Å². The monoisotopic (exact) mass is 372 g/mol. The van der Waals surface area contributed by atoms with Crippen LogP contribution in [0.4, 0.5) is 13.2 Å². The lowest BCUT2D eigenvalue weighted by Crippen LogP contribution is -2.43. The molecular weight excluding hydrogens is 361 g/mol. The normalized spacial score (nSPS) is 17.7. The third kappa shape index (κ3) is 2.70. The third-order valence-electron chi connectivity index (χ3n) is 3.65. The minimum Gasteiger partial charge on any atom is -0.288 e. The zero-order valence-electron chi connectivity index (χ0n) is 11.3. The van der Waals surface area contributed by atoms with Gasteiger partial charge in [-0.3, -0.25) is 10.2 Å². The number of benzene rings is 2. The molecule has 0 aromatic heterocycles. The van der Waals surface area contributed by atoms with Crippen molar-refractivity contribution in [3.8, 4) is 0 Å². The first-order valence-corrected chi connectivity index (χ1v) is 7.47. The van der Waals surface area contributed by atoms with Crippen molar-refractivity contribution >= 4 is 32.6 Å². The molecule has 1 aliphatic heterocycles. The van der Waals surface area contributed by atoms with Crippen molar-refractivity contribution in [2.45, 2.75) is 18.6 Å². The molecule has 1 N–H and O–H groups in total. The summed E-state index contributed by atoms with van der Waals surface area (Å²) in [6.07, 6.45) is -4.43. The van der Waals surface area contributed by atoms with Gasteiger partial charge in [0.1, 0.15) is 0 Å². The van der Waals surface area contributed by atoms with Gasteiger partial charge in [0.15, 0.2) is 6.04 Å². The molecule has 7 heteroatoms. The Hall–Kier alpha value is -1.60. The summed E-state index contributed by atoms with van der Waals surface area (Å²) in [6.45, 7) is 0.0316. The molecule has 0 aliphatic carbocycles. The van der Waals surface area contributed by atoms with Crippen LogP contribution in [0.15, 0.2) is 40.9 Å². The van der Waals surface area contributed by atoms with E-state index in [-0.39, 0.29) is 18.5 Å². The number of alkyl halides is 3. The molecule has 1 fully saturated rings. The first-order chi connectivity index (χ1) is 10.4. The average Bonchev–Trinajstić information content (AvgIpc) is 2.84. The number of carbonyl (C=O) groups excluding carboxylic acids is 1. The Bertz CT molecular complexity index is 727. The van der Waals surface area contributed by atoms with E-state index in [1.807, 2.05) is 0 Å². The number of hydrazine groups is 1. The van der Waals surface area contributed by atoms with E-state index >= 15 is 0 Å². The van der Waals surface area contributed by atoms with Crippen molar-refractivity contribution in [3.63, 3.8) is 0 Å². The van der Waals surface area contributed by atoms with Gasteiger partial charge >= 0.3 is 6.18 Å². The molecule has 0 saturated carbocycles. The van der Waals surface area contributed by atoms with Crippen LogP contribution in [0.3, 0.4) is 0 Å². The molecule has 0 bridgehead atoms. The number of rotatable bonds is 2. The van der Waals surface area contributed by atoms with Crippen molar-refractivity contribution in [1.82, 2.24) is 10.4 Å². The van der Waals surface area contributed by atoms with Crippen molar-refractivity contribution in [3.05, 3.63) is 46.4 Å². The second kappa shape index (κ2) is 5.55. The Morgan fingerprint density at radius 3 is 2.45 bits per heavy atom. The predicted octanol–water partition coefficient (Wildman–Crippen LogP) is 3.94. The van der Waals surface area contributed by atoms with Crippen molar-refractivity contribution in [2.24, 2.45) is 0 Å². The molecule has 116 valence electrons. The maximum Gasteiger partial charge on any atom is 0.409 e. The van der Waals surface area contributed by atoms with Crippen LogP contribution >= 0.6 is 15.9 Å². The topological polar surface area (TPSA) is 32.3 Å². The molecule has 1 aliphatic rings. The van der Waals surface area contributed by atoms with Crippen LogP contribution in [-0.2, 0) is 4.79 Å².